The second-order valence-corrected chi connectivity index (χ2v) is 6.63. The van der Waals surface area contributed by atoms with Crippen LogP contribution in [0.4, 0.5) is 26.3 Å². The molecule has 0 radical (unpaired) electrons. The number of hydrogen-bond donors (Lipinski definition) is 1. The van der Waals surface area contributed by atoms with Crippen LogP contribution in [-0.4, -0.2) is 41.6 Å². The van der Waals surface area contributed by atoms with E-state index >= 15 is 0 Å². The number of hydrogen-bond acceptors (Lipinski definition) is 7. The zero-order valence-electron chi connectivity index (χ0n) is 16.7. The van der Waals surface area contributed by atoms with Crippen LogP contribution >= 0.6 is 0 Å². The topological polar surface area (TPSA) is 120 Å². The van der Waals surface area contributed by atoms with E-state index in [0.29, 0.717) is 17.1 Å². The number of nitrogens with two attached hydrogens (primary N) is 1. The van der Waals surface area contributed by atoms with Crippen molar-refractivity contribution in [3.8, 4) is 11.4 Å². The van der Waals surface area contributed by atoms with Crippen molar-refractivity contribution in [3.63, 3.8) is 0 Å². The molecule has 0 saturated carbocycles. The molecule has 0 aliphatic rings. The number of amides is 2. The maximum Gasteiger partial charge on any atom is 0.416 e. The number of carbonyl (C=O) groups excluding carboxylic acids is 2. The van der Waals surface area contributed by atoms with Crippen molar-refractivity contribution in [2.45, 2.75) is 18.8 Å². The Morgan fingerprint density at radius 3 is 2.21 bits per heavy atom. The monoisotopic (exact) mass is 485 g/mol. The summed E-state index contributed by atoms with van der Waals surface area (Å²) in [6, 6.07) is 0.917. The molecular weight excluding hydrogens is 472 g/mol. The molecule has 0 aliphatic heterocycles. The highest BCUT2D eigenvalue weighted by Gasteiger charge is 2.37. The predicted octanol–water partition coefficient (Wildman–Crippen LogP) is 2.71. The molecule has 2 amide bonds. The predicted molar refractivity (Wildman–Crippen MR) is 103 cm³/mol. The normalized spacial score (nSPS) is 12.2. The fourth-order valence-electron chi connectivity index (χ4n) is 2.57. The van der Waals surface area contributed by atoms with Crippen LogP contribution in [0, 0.1) is 0 Å². The summed E-state index contributed by atoms with van der Waals surface area (Å²) in [7, 11) is 0. The van der Waals surface area contributed by atoms with Crippen LogP contribution < -0.4 is 5.84 Å². The fourth-order valence-corrected chi connectivity index (χ4v) is 2.57. The van der Waals surface area contributed by atoms with E-state index in [4.69, 9.17) is 5.84 Å². The molecule has 0 bridgehead atoms. The molecule has 0 fully saturated rings. The Morgan fingerprint density at radius 1 is 1.00 bits per heavy atom. The van der Waals surface area contributed by atoms with Crippen LogP contribution in [0.2, 0.25) is 0 Å². The van der Waals surface area contributed by atoms with Gasteiger partial charge in [-0.3, -0.25) is 19.6 Å². The van der Waals surface area contributed by atoms with Crippen LogP contribution in [-0.2, 0) is 28.4 Å². The van der Waals surface area contributed by atoms with Gasteiger partial charge in [-0.25, -0.2) is 20.5 Å². The molecule has 0 saturated heterocycles. The summed E-state index contributed by atoms with van der Waals surface area (Å²) in [6.45, 7) is 0. The minimum absolute atomic E-state index is 0.0209. The third-order valence-corrected chi connectivity index (χ3v) is 4.18. The first-order chi connectivity index (χ1) is 15.8. The van der Waals surface area contributed by atoms with Gasteiger partial charge in [0.25, 0.3) is 5.91 Å². The molecule has 0 unspecified atom stereocenters. The minimum atomic E-state index is -5.03. The van der Waals surface area contributed by atoms with Crippen molar-refractivity contribution in [1.29, 1.82) is 0 Å². The van der Waals surface area contributed by atoms with E-state index in [0.717, 1.165) is 23.3 Å². The number of nitrogens with zero attached hydrogens (tertiary/aromatic N) is 6. The fraction of sp³-hybridized carbons (Fsp3) is 0.158. The molecule has 3 rings (SSSR count). The zero-order chi connectivity index (χ0) is 25.1. The SMILES string of the molecule is NN(C(=O)C=Cn1cnc(-c2cc(C(F)(F)F)cc(C(F)(F)F)c2)n1)C(=O)Cc1cnccn1. The van der Waals surface area contributed by atoms with E-state index in [9.17, 15) is 35.9 Å². The van der Waals surface area contributed by atoms with Gasteiger partial charge >= 0.3 is 12.4 Å². The summed E-state index contributed by atoms with van der Waals surface area (Å²) < 4.78 is 79.0. The Labute approximate surface area is 186 Å². The van der Waals surface area contributed by atoms with Gasteiger partial charge in [0.05, 0.1) is 23.2 Å². The van der Waals surface area contributed by atoms with E-state index in [1.807, 2.05) is 0 Å². The first-order valence-electron chi connectivity index (χ1n) is 9.10. The van der Waals surface area contributed by atoms with Crippen LogP contribution in [0.1, 0.15) is 16.8 Å². The summed E-state index contributed by atoms with van der Waals surface area (Å²) in [6.07, 6.45) is -3.63. The molecule has 178 valence electrons. The number of rotatable bonds is 5. The lowest BCUT2D eigenvalue weighted by atomic mass is 10.0. The second-order valence-electron chi connectivity index (χ2n) is 6.63. The molecule has 34 heavy (non-hydrogen) atoms. The van der Waals surface area contributed by atoms with Crippen LogP contribution in [0.15, 0.2) is 49.2 Å². The van der Waals surface area contributed by atoms with Gasteiger partial charge in [-0.15, -0.1) is 5.10 Å². The van der Waals surface area contributed by atoms with Gasteiger partial charge in [-0.05, 0) is 18.2 Å². The Bertz CT molecular complexity index is 1190. The molecule has 1 aromatic carbocycles. The van der Waals surface area contributed by atoms with E-state index < -0.39 is 46.7 Å². The van der Waals surface area contributed by atoms with Crippen LogP contribution in [0.5, 0.6) is 0 Å². The van der Waals surface area contributed by atoms with Crippen molar-refractivity contribution in [1.82, 2.24) is 29.7 Å². The lowest BCUT2D eigenvalue weighted by molar-refractivity contribution is -0.144. The van der Waals surface area contributed by atoms with Gasteiger partial charge in [-0.1, -0.05) is 0 Å². The maximum atomic E-state index is 13.0. The summed E-state index contributed by atoms with van der Waals surface area (Å²) >= 11 is 0. The van der Waals surface area contributed by atoms with E-state index in [1.54, 1.807) is 0 Å². The van der Waals surface area contributed by atoms with Gasteiger partial charge < -0.3 is 0 Å². The minimum Gasteiger partial charge on any atom is -0.273 e. The highest BCUT2D eigenvalue weighted by atomic mass is 19.4. The van der Waals surface area contributed by atoms with Gasteiger partial charge in [0.2, 0.25) is 5.91 Å². The van der Waals surface area contributed by atoms with Gasteiger partial charge in [-0.2, -0.15) is 26.3 Å². The number of carbonyl (C=O) groups is 2. The summed E-state index contributed by atoms with van der Waals surface area (Å²) in [4.78, 5) is 35.4. The number of halogens is 6. The van der Waals surface area contributed by atoms with Gasteiger partial charge in [0, 0.05) is 36.4 Å². The summed E-state index contributed by atoms with van der Waals surface area (Å²) in [5, 5.41) is 4.04. The number of alkyl halides is 6. The van der Waals surface area contributed by atoms with E-state index in [1.165, 1.54) is 18.6 Å². The second kappa shape index (κ2) is 9.38. The van der Waals surface area contributed by atoms with Crippen LogP contribution in [0.3, 0.4) is 0 Å². The lowest BCUT2D eigenvalue weighted by Crippen LogP contribution is -2.42. The van der Waals surface area contributed by atoms with Crippen molar-refractivity contribution in [3.05, 3.63) is 66.0 Å². The number of benzene rings is 1. The first-order valence-corrected chi connectivity index (χ1v) is 9.10. The largest absolute Gasteiger partial charge is 0.416 e. The average molecular weight is 485 g/mol. The Balaban J connectivity index is 1.77. The standard InChI is InChI=1S/C19H13F6N7O2/c20-18(21,22)12-5-11(6-13(7-12)19(23,24)25)17-29-10-31(30-17)4-1-15(33)32(26)16(34)8-14-9-27-2-3-28-14/h1-7,9-10H,8,26H2. The zero-order valence-corrected chi connectivity index (χ0v) is 16.7. The third-order valence-electron chi connectivity index (χ3n) is 4.18. The highest BCUT2D eigenvalue weighted by molar-refractivity contribution is 6.01. The molecule has 2 aromatic heterocycles. The third kappa shape index (κ3) is 6.00. The molecule has 9 nitrogen and oxygen atoms in total. The van der Waals surface area contributed by atoms with Crippen LogP contribution in [0.25, 0.3) is 17.6 Å². The molecule has 0 atom stereocenters. The van der Waals surface area contributed by atoms with E-state index in [-0.39, 0.29) is 18.2 Å². The summed E-state index contributed by atoms with van der Waals surface area (Å²) in [5.41, 5.74) is -3.33. The lowest BCUT2D eigenvalue weighted by Gasteiger charge is -2.13. The molecule has 2 N–H and O–H groups in total. The number of imide groups is 1. The number of hydrazine groups is 1. The van der Waals surface area contributed by atoms with Gasteiger partial charge in [0.15, 0.2) is 5.82 Å². The van der Waals surface area contributed by atoms with Gasteiger partial charge in [0.1, 0.15) is 6.33 Å². The molecule has 0 aliphatic carbocycles. The first kappa shape index (κ1) is 24.5. The van der Waals surface area contributed by atoms with Crippen molar-refractivity contribution in [2.75, 3.05) is 0 Å². The maximum absolute atomic E-state index is 13.0. The molecular formula is C19H13F6N7O2. The van der Waals surface area contributed by atoms with Crippen molar-refractivity contribution >= 4 is 18.0 Å². The average Bonchev–Trinajstić information content (AvgIpc) is 3.25. The summed E-state index contributed by atoms with van der Waals surface area (Å²) in [5.74, 6) is 3.21. The number of aromatic nitrogens is 5. The highest BCUT2D eigenvalue weighted by Crippen LogP contribution is 2.38. The Hall–Kier alpha value is -4.14. The Morgan fingerprint density at radius 2 is 1.65 bits per heavy atom. The molecule has 2 heterocycles. The Kier molecular flexibility index (Phi) is 6.76. The molecule has 0 spiro atoms. The molecule has 3 aromatic rings. The van der Waals surface area contributed by atoms with E-state index in [2.05, 4.69) is 20.1 Å². The quantitative estimate of drug-likeness (QED) is 0.194. The van der Waals surface area contributed by atoms with Crippen molar-refractivity contribution < 1.29 is 35.9 Å². The smallest absolute Gasteiger partial charge is 0.273 e. The van der Waals surface area contributed by atoms with Crippen molar-refractivity contribution in [2.24, 2.45) is 5.84 Å². The molecule has 15 heteroatoms.